The zero-order valence-electron chi connectivity index (χ0n) is 5.78. The molecule has 0 aromatic carbocycles. The van der Waals surface area contributed by atoms with Gasteiger partial charge in [0.1, 0.15) is 0 Å². The fourth-order valence-electron chi connectivity index (χ4n) is 1.10. The molecule has 0 N–H and O–H groups in total. The Morgan fingerprint density at radius 1 is 1.50 bits per heavy atom. The average Bonchev–Trinajstić information content (AvgIpc) is 2.09. The van der Waals surface area contributed by atoms with Crippen LogP contribution in [0, 0.1) is 5.41 Å². The molecule has 0 unspecified atom stereocenters. The summed E-state index contributed by atoms with van der Waals surface area (Å²) in [6.07, 6.45) is 1.95. The van der Waals surface area contributed by atoms with Crippen LogP contribution in [0.5, 0.6) is 0 Å². The molecule has 1 rings (SSSR count). The van der Waals surface area contributed by atoms with Crippen molar-refractivity contribution in [3.8, 4) is 0 Å². The van der Waals surface area contributed by atoms with E-state index in [0.717, 1.165) is 0 Å². The van der Waals surface area contributed by atoms with Crippen LogP contribution >= 0.6 is 0 Å². The summed E-state index contributed by atoms with van der Waals surface area (Å²) in [5.74, 6) is 0. The molecule has 0 amide bonds. The van der Waals surface area contributed by atoms with E-state index in [0.29, 0.717) is 5.41 Å². The van der Waals surface area contributed by atoms with E-state index in [-0.39, 0.29) is 0 Å². The average molecular weight is 108 g/mol. The second-order valence-electron chi connectivity index (χ2n) is 2.87. The fourth-order valence-corrected chi connectivity index (χ4v) is 1.10. The molecule has 0 aromatic heterocycles. The quantitative estimate of drug-likeness (QED) is 0.484. The van der Waals surface area contributed by atoms with Crippen LogP contribution in [0.15, 0.2) is 23.8 Å². The molecule has 8 heavy (non-hydrogen) atoms. The van der Waals surface area contributed by atoms with E-state index in [4.69, 9.17) is 0 Å². The van der Waals surface area contributed by atoms with Crippen LogP contribution in [0.2, 0.25) is 0 Å². The van der Waals surface area contributed by atoms with Crippen molar-refractivity contribution in [3.63, 3.8) is 0 Å². The van der Waals surface area contributed by atoms with Crippen LogP contribution < -0.4 is 0 Å². The first kappa shape index (κ1) is 5.61. The number of rotatable bonds is 1. The van der Waals surface area contributed by atoms with Crippen LogP contribution in [0.4, 0.5) is 0 Å². The largest absolute Gasteiger partial charge is 0.0988 e. The smallest absolute Gasteiger partial charge is 0.0108 e. The van der Waals surface area contributed by atoms with Crippen molar-refractivity contribution in [1.29, 1.82) is 0 Å². The van der Waals surface area contributed by atoms with Crippen molar-refractivity contribution in [2.45, 2.75) is 20.8 Å². The summed E-state index contributed by atoms with van der Waals surface area (Å²) in [5, 5.41) is 0. The van der Waals surface area contributed by atoms with Crippen LogP contribution in [0.3, 0.4) is 0 Å². The molecule has 0 heterocycles. The first-order valence-corrected chi connectivity index (χ1v) is 2.95. The monoisotopic (exact) mass is 108 g/mol. The van der Waals surface area contributed by atoms with E-state index in [1.165, 1.54) is 11.1 Å². The van der Waals surface area contributed by atoms with Gasteiger partial charge in [0.25, 0.3) is 0 Å². The minimum absolute atomic E-state index is 0.391. The van der Waals surface area contributed by atoms with Crippen molar-refractivity contribution in [1.82, 2.24) is 0 Å². The van der Waals surface area contributed by atoms with Gasteiger partial charge in [-0.25, -0.2) is 0 Å². The molecule has 1 aliphatic carbocycles. The van der Waals surface area contributed by atoms with Gasteiger partial charge in [-0.15, -0.1) is 0 Å². The molecular weight excluding hydrogens is 96.1 g/mol. The highest BCUT2D eigenvalue weighted by molar-refractivity contribution is 5.51. The summed E-state index contributed by atoms with van der Waals surface area (Å²) < 4.78 is 0. The summed E-state index contributed by atoms with van der Waals surface area (Å²) in [4.78, 5) is 0. The Bertz CT molecular complexity index is 159. The van der Waals surface area contributed by atoms with Gasteiger partial charge in [-0.05, 0) is 12.5 Å². The summed E-state index contributed by atoms with van der Waals surface area (Å²) >= 11 is 0. The number of hydrogen-bond donors (Lipinski definition) is 0. The zero-order chi connectivity index (χ0) is 6.36. The molecular formula is C8H12. The Labute approximate surface area is 50.9 Å². The highest BCUT2D eigenvalue weighted by Gasteiger charge is 2.38. The lowest BCUT2D eigenvalue weighted by Crippen LogP contribution is -1.88. The number of hydrogen-bond acceptors (Lipinski definition) is 0. The van der Waals surface area contributed by atoms with Gasteiger partial charge in [-0.2, -0.15) is 0 Å². The summed E-state index contributed by atoms with van der Waals surface area (Å²) in [6.45, 7) is 10.3. The zero-order valence-corrected chi connectivity index (χ0v) is 5.78. The van der Waals surface area contributed by atoms with Crippen molar-refractivity contribution >= 4 is 0 Å². The third-order valence-electron chi connectivity index (χ3n) is 2.16. The Hall–Kier alpha value is -0.520. The van der Waals surface area contributed by atoms with Crippen LogP contribution in [-0.2, 0) is 0 Å². The van der Waals surface area contributed by atoms with Gasteiger partial charge in [-0.1, -0.05) is 32.1 Å². The van der Waals surface area contributed by atoms with Crippen LogP contribution in [0.25, 0.3) is 0 Å². The van der Waals surface area contributed by atoms with Gasteiger partial charge in [0, 0.05) is 5.41 Å². The topological polar surface area (TPSA) is 0 Å². The van der Waals surface area contributed by atoms with E-state index in [1.54, 1.807) is 0 Å². The predicted molar refractivity (Wildman–Crippen MR) is 36.7 cm³/mol. The molecule has 0 bridgehead atoms. The van der Waals surface area contributed by atoms with Crippen molar-refractivity contribution < 1.29 is 0 Å². The van der Waals surface area contributed by atoms with Gasteiger partial charge in [0.15, 0.2) is 0 Å². The minimum Gasteiger partial charge on any atom is -0.0988 e. The van der Waals surface area contributed by atoms with E-state index in [9.17, 15) is 0 Å². The molecule has 0 saturated heterocycles. The SMILES string of the molecule is C=CC1=C(C)C1(C)C. The molecule has 0 heteroatoms. The molecule has 0 atom stereocenters. The third kappa shape index (κ3) is 0.459. The highest BCUT2D eigenvalue weighted by atomic mass is 14.4. The van der Waals surface area contributed by atoms with Gasteiger partial charge >= 0.3 is 0 Å². The molecule has 0 fully saturated rings. The summed E-state index contributed by atoms with van der Waals surface area (Å²) in [7, 11) is 0. The molecule has 0 radical (unpaired) electrons. The maximum Gasteiger partial charge on any atom is 0.0108 e. The molecule has 0 saturated carbocycles. The summed E-state index contributed by atoms with van der Waals surface area (Å²) in [6, 6.07) is 0. The lowest BCUT2D eigenvalue weighted by atomic mass is 10.0. The molecule has 1 aliphatic rings. The van der Waals surface area contributed by atoms with Gasteiger partial charge in [0.2, 0.25) is 0 Å². The standard InChI is InChI=1S/C8H12/c1-5-7-6(2)8(7,3)4/h5H,1H2,2-4H3. The lowest BCUT2D eigenvalue weighted by molar-refractivity contribution is 0.684. The van der Waals surface area contributed by atoms with Crippen LogP contribution in [0.1, 0.15) is 20.8 Å². The lowest BCUT2D eigenvalue weighted by Gasteiger charge is -1.98. The van der Waals surface area contributed by atoms with Crippen molar-refractivity contribution in [2.24, 2.45) is 5.41 Å². The minimum atomic E-state index is 0.391. The second-order valence-corrected chi connectivity index (χ2v) is 2.87. The maximum absolute atomic E-state index is 3.71. The Morgan fingerprint density at radius 2 is 1.88 bits per heavy atom. The number of allylic oxidation sites excluding steroid dienone is 3. The van der Waals surface area contributed by atoms with Gasteiger partial charge in [0.05, 0.1) is 0 Å². The molecule has 44 valence electrons. The van der Waals surface area contributed by atoms with Crippen molar-refractivity contribution in [2.75, 3.05) is 0 Å². The highest BCUT2D eigenvalue weighted by Crippen LogP contribution is 2.51. The predicted octanol–water partition coefficient (Wildman–Crippen LogP) is 2.53. The first-order valence-electron chi connectivity index (χ1n) is 2.95. The fraction of sp³-hybridized carbons (Fsp3) is 0.500. The second kappa shape index (κ2) is 1.25. The molecule has 0 spiro atoms. The van der Waals surface area contributed by atoms with E-state index >= 15 is 0 Å². The Kier molecular flexibility index (Phi) is 0.877. The molecule has 0 aromatic rings. The van der Waals surface area contributed by atoms with E-state index in [2.05, 4.69) is 27.4 Å². The van der Waals surface area contributed by atoms with Crippen molar-refractivity contribution in [3.05, 3.63) is 23.8 Å². The van der Waals surface area contributed by atoms with E-state index in [1.807, 2.05) is 6.08 Å². The normalized spacial score (nSPS) is 23.4. The first-order chi connectivity index (χ1) is 3.60. The maximum atomic E-state index is 3.71. The Balaban J connectivity index is 2.75. The van der Waals surface area contributed by atoms with Gasteiger partial charge in [-0.3, -0.25) is 0 Å². The van der Waals surface area contributed by atoms with Crippen LogP contribution in [-0.4, -0.2) is 0 Å². The molecule has 0 aliphatic heterocycles. The third-order valence-corrected chi connectivity index (χ3v) is 2.16. The van der Waals surface area contributed by atoms with Gasteiger partial charge < -0.3 is 0 Å². The summed E-state index contributed by atoms with van der Waals surface area (Å²) in [5.41, 5.74) is 3.31. The molecule has 0 nitrogen and oxygen atoms in total. The van der Waals surface area contributed by atoms with E-state index < -0.39 is 0 Å². The Morgan fingerprint density at radius 3 is 1.88 bits per heavy atom.